The summed E-state index contributed by atoms with van der Waals surface area (Å²) in [5.41, 5.74) is 12.3. The minimum Gasteiger partial charge on any atom is -0.374 e. The second kappa shape index (κ2) is 19.9. The van der Waals surface area contributed by atoms with Crippen LogP contribution >= 0.6 is 0 Å². The maximum absolute atomic E-state index is 13.7. The molecule has 0 aliphatic carbocycles. The minimum atomic E-state index is -0.691. The molecule has 0 saturated carbocycles. The van der Waals surface area contributed by atoms with E-state index in [9.17, 15) is 24.0 Å². The summed E-state index contributed by atoms with van der Waals surface area (Å²) in [4.78, 5) is 66.8. The Labute approximate surface area is 273 Å². The number of carbonyl (C=O) groups is 5. The number of fused-ring (bicyclic) bond motifs is 1. The van der Waals surface area contributed by atoms with Crippen molar-refractivity contribution in [2.45, 2.75) is 96.1 Å². The number of amides is 2. The second-order valence-electron chi connectivity index (χ2n) is 12.4. The van der Waals surface area contributed by atoms with E-state index in [4.69, 9.17) is 16.2 Å². The van der Waals surface area contributed by atoms with Crippen molar-refractivity contribution in [1.82, 2.24) is 10.2 Å². The van der Waals surface area contributed by atoms with Crippen LogP contribution < -0.4 is 16.8 Å². The summed E-state index contributed by atoms with van der Waals surface area (Å²) in [6.45, 7) is 3.21. The van der Waals surface area contributed by atoms with E-state index in [1.165, 1.54) is 6.92 Å². The van der Waals surface area contributed by atoms with Gasteiger partial charge in [-0.15, -0.1) is 0 Å². The molecule has 1 aliphatic rings. The first-order valence-corrected chi connectivity index (χ1v) is 16.8. The van der Waals surface area contributed by atoms with E-state index in [1.54, 1.807) is 4.90 Å². The Morgan fingerprint density at radius 2 is 1.65 bits per heavy atom. The van der Waals surface area contributed by atoms with Crippen LogP contribution in [0.4, 0.5) is 0 Å². The van der Waals surface area contributed by atoms with Crippen LogP contribution in [0.5, 0.6) is 0 Å². The van der Waals surface area contributed by atoms with Gasteiger partial charge < -0.3 is 26.4 Å². The lowest BCUT2D eigenvalue weighted by atomic mass is 9.91. The lowest BCUT2D eigenvalue weighted by Crippen LogP contribution is -2.46. The number of nitrogens with zero attached hydrogens (tertiary/aromatic N) is 1. The van der Waals surface area contributed by atoms with Gasteiger partial charge >= 0.3 is 0 Å². The van der Waals surface area contributed by atoms with Gasteiger partial charge in [0.2, 0.25) is 11.8 Å². The Morgan fingerprint density at radius 1 is 0.935 bits per heavy atom. The molecule has 0 unspecified atom stereocenters. The van der Waals surface area contributed by atoms with Crippen LogP contribution in [0.2, 0.25) is 0 Å². The van der Waals surface area contributed by atoms with Crippen molar-refractivity contribution in [2.24, 2.45) is 17.4 Å². The first-order valence-electron chi connectivity index (χ1n) is 16.8. The average Bonchev–Trinajstić information content (AvgIpc) is 3.54. The van der Waals surface area contributed by atoms with E-state index >= 15 is 0 Å². The number of carbonyl (C=O) groups excluding carboxylic acids is 5. The fourth-order valence-electron chi connectivity index (χ4n) is 6.19. The zero-order valence-corrected chi connectivity index (χ0v) is 27.3. The molecule has 5 N–H and O–H groups in total. The van der Waals surface area contributed by atoms with Gasteiger partial charge in [0, 0.05) is 31.9 Å². The molecule has 0 bridgehead atoms. The molecule has 0 spiro atoms. The molecular weight excluding hydrogens is 584 g/mol. The highest BCUT2D eigenvalue weighted by molar-refractivity contribution is 5.96. The molecule has 2 aromatic rings. The van der Waals surface area contributed by atoms with Crippen molar-refractivity contribution in [2.75, 3.05) is 32.8 Å². The first-order chi connectivity index (χ1) is 22.2. The molecule has 1 aliphatic heterocycles. The molecule has 10 heteroatoms. The van der Waals surface area contributed by atoms with E-state index in [2.05, 4.69) is 5.32 Å². The number of ketones is 3. The SMILES string of the molecule is CC(=O)COCCCC(=O)[C@H](CCCCN)NC(=O)[C@H](CCCCN)CC(=O)[C@@H]1CCCN1C(=O)Cc1cccc2ccccc12. The monoisotopic (exact) mass is 636 g/mol. The Morgan fingerprint density at radius 3 is 2.39 bits per heavy atom. The maximum Gasteiger partial charge on any atom is 0.227 e. The number of hydrogen-bond donors (Lipinski definition) is 3. The lowest BCUT2D eigenvalue weighted by Gasteiger charge is -2.26. The molecule has 1 fully saturated rings. The molecule has 1 heterocycles. The number of unbranched alkanes of at least 4 members (excludes halogenated alkanes) is 2. The lowest BCUT2D eigenvalue weighted by molar-refractivity contribution is -0.138. The topological polar surface area (TPSA) is 162 Å². The zero-order chi connectivity index (χ0) is 33.3. The molecule has 46 heavy (non-hydrogen) atoms. The Kier molecular flexibility index (Phi) is 16.0. The van der Waals surface area contributed by atoms with Gasteiger partial charge in [-0.2, -0.15) is 0 Å². The van der Waals surface area contributed by atoms with Crippen molar-refractivity contribution in [3.8, 4) is 0 Å². The fourth-order valence-corrected chi connectivity index (χ4v) is 6.19. The molecule has 2 amide bonds. The summed E-state index contributed by atoms with van der Waals surface area (Å²) >= 11 is 0. The summed E-state index contributed by atoms with van der Waals surface area (Å²) < 4.78 is 5.29. The zero-order valence-electron chi connectivity index (χ0n) is 27.3. The standard InChI is InChI=1S/C36H52N4O6/c1-26(41)25-46-22-10-18-33(42)31(16-5-7-20-38)39-36(45)29(12-4-6-19-37)23-34(43)32-17-9-21-40(32)35(44)24-28-14-8-13-27-11-2-3-15-30(27)28/h2-3,8,11,13-15,29,31-32H,4-7,9-10,12,16-25,37-38H2,1H3,(H,39,45)/t29-,31+,32+/m1/s1. The molecule has 0 aromatic heterocycles. The van der Waals surface area contributed by atoms with E-state index in [0.29, 0.717) is 58.2 Å². The Bertz CT molecular complexity index is 1310. The molecule has 3 atom stereocenters. The van der Waals surface area contributed by atoms with Crippen molar-refractivity contribution < 1.29 is 28.7 Å². The predicted octanol–water partition coefficient (Wildman–Crippen LogP) is 3.65. The summed E-state index contributed by atoms with van der Waals surface area (Å²) in [6.07, 6.45) is 5.89. The van der Waals surface area contributed by atoms with E-state index < -0.39 is 18.0 Å². The molecule has 2 aromatic carbocycles. The number of Topliss-reactive ketones (excluding diaryl/α,β-unsaturated/α-hetero) is 3. The maximum atomic E-state index is 13.7. The highest BCUT2D eigenvalue weighted by Crippen LogP contribution is 2.26. The number of hydrogen-bond acceptors (Lipinski definition) is 8. The molecule has 252 valence electrons. The number of ether oxygens (including phenoxy) is 1. The molecule has 3 rings (SSSR count). The molecule has 1 saturated heterocycles. The van der Waals surface area contributed by atoms with Gasteiger partial charge in [-0.1, -0.05) is 48.9 Å². The predicted molar refractivity (Wildman–Crippen MR) is 179 cm³/mol. The number of rotatable bonds is 22. The summed E-state index contributed by atoms with van der Waals surface area (Å²) in [5.74, 6) is -1.35. The normalized spacial score (nSPS) is 15.9. The smallest absolute Gasteiger partial charge is 0.227 e. The van der Waals surface area contributed by atoms with Crippen molar-refractivity contribution in [3.05, 3.63) is 48.0 Å². The van der Waals surface area contributed by atoms with Crippen LogP contribution in [-0.2, 0) is 35.1 Å². The third-order valence-electron chi connectivity index (χ3n) is 8.66. The minimum absolute atomic E-state index is 0.00170. The van der Waals surface area contributed by atoms with E-state index in [1.807, 2.05) is 42.5 Å². The quantitative estimate of drug-likeness (QED) is 0.165. The number of benzene rings is 2. The number of nitrogens with two attached hydrogens (primary N) is 2. The number of likely N-dealkylation sites (tertiary alicyclic amines) is 1. The summed E-state index contributed by atoms with van der Waals surface area (Å²) in [6, 6.07) is 12.6. The van der Waals surface area contributed by atoms with Gasteiger partial charge in [-0.05, 0) is 87.7 Å². The van der Waals surface area contributed by atoms with E-state index in [-0.39, 0.29) is 61.6 Å². The van der Waals surface area contributed by atoms with Gasteiger partial charge in [0.05, 0.1) is 18.5 Å². The highest BCUT2D eigenvalue weighted by atomic mass is 16.5. The Balaban J connectivity index is 1.66. The van der Waals surface area contributed by atoms with Crippen LogP contribution in [0, 0.1) is 5.92 Å². The second-order valence-corrected chi connectivity index (χ2v) is 12.4. The van der Waals surface area contributed by atoms with Crippen molar-refractivity contribution in [1.29, 1.82) is 0 Å². The first kappa shape index (κ1) is 37.0. The van der Waals surface area contributed by atoms with Gasteiger partial charge in [-0.25, -0.2) is 0 Å². The van der Waals surface area contributed by atoms with Crippen LogP contribution in [0.15, 0.2) is 42.5 Å². The average molecular weight is 637 g/mol. The summed E-state index contributed by atoms with van der Waals surface area (Å²) in [5, 5.41) is 5.04. The third kappa shape index (κ3) is 11.7. The van der Waals surface area contributed by atoms with Crippen molar-refractivity contribution >= 4 is 39.9 Å². The summed E-state index contributed by atoms with van der Waals surface area (Å²) in [7, 11) is 0. The van der Waals surface area contributed by atoms with Gasteiger partial charge in [0.1, 0.15) is 6.61 Å². The highest BCUT2D eigenvalue weighted by Gasteiger charge is 2.36. The van der Waals surface area contributed by atoms with Gasteiger partial charge in [0.15, 0.2) is 17.3 Å². The van der Waals surface area contributed by atoms with E-state index in [0.717, 1.165) is 35.6 Å². The molecular formula is C36H52N4O6. The molecule has 0 radical (unpaired) electrons. The van der Waals surface area contributed by atoms with Crippen LogP contribution in [0.25, 0.3) is 10.8 Å². The number of nitrogens with one attached hydrogen (secondary N) is 1. The van der Waals surface area contributed by atoms with Gasteiger partial charge in [-0.3, -0.25) is 24.0 Å². The van der Waals surface area contributed by atoms with Crippen LogP contribution in [0.1, 0.15) is 83.1 Å². The third-order valence-corrected chi connectivity index (χ3v) is 8.66. The van der Waals surface area contributed by atoms with Crippen molar-refractivity contribution in [3.63, 3.8) is 0 Å². The largest absolute Gasteiger partial charge is 0.374 e. The Hall–Kier alpha value is -3.47. The molecule has 10 nitrogen and oxygen atoms in total. The fraction of sp³-hybridized carbons (Fsp3) is 0.583. The van der Waals surface area contributed by atoms with Crippen LogP contribution in [-0.4, -0.2) is 79.0 Å². The van der Waals surface area contributed by atoms with Gasteiger partial charge in [0.25, 0.3) is 0 Å². The van der Waals surface area contributed by atoms with Crippen LogP contribution in [0.3, 0.4) is 0 Å².